The zero-order chi connectivity index (χ0) is 19.8. The molecule has 0 fully saturated rings. The number of benzene rings is 2. The molecule has 4 aromatic rings. The lowest BCUT2D eigenvalue weighted by molar-refractivity contribution is -0.254. The molecule has 0 aliphatic carbocycles. The number of fused-ring (bicyclic) bond motifs is 2. The van der Waals surface area contributed by atoms with Crippen LogP contribution in [0.2, 0.25) is 0 Å². The number of carbonyl (C=O) groups is 1. The first-order valence-electron chi connectivity index (χ1n) is 8.47. The number of aromatic carboxylic acids is 1. The van der Waals surface area contributed by atoms with Crippen LogP contribution in [0.4, 0.5) is 0 Å². The molecule has 28 heavy (non-hydrogen) atoms. The summed E-state index contributed by atoms with van der Waals surface area (Å²) in [7, 11) is 1.63. The molecule has 0 radical (unpaired) electrons. The van der Waals surface area contributed by atoms with Gasteiger partial charge in [-0.05, 0) is 53.1 Å². The summed E-state index contributed by atoms with van der Waals surface area (Å²) in [5.74, 6) is -0.142. The van der Waals surface area contributed by atoms with Crippen LogP contribution >= 0.6 is 11.3 Å². The predicted octanol–water partition coefficient (Wildman–Crippen LogP) is 2.99. The van der Waals surface area contributed by atoms with E-state index >= 15 is 0 Å². The molecular weight excluding hydrogens is 376 g/mol. The van der Waals surface area contributed by atoms with E-state index in [0.29, 0.717) is 21.6 Å². The molecule has 0 saturated heterocycles. The number of carbonyl (C=O) groups excluding carboxylic acids is 1. The van der Waals surface area contributed by atoms with Gasteiger partial charge in [0.05, 0.1) is 23.3 Å². The van der Waals surface area contributed by atoms with Crippen molar-refractivity contribution in [3.8, 4) is 5.75 Å². The molecule has 0 unspecified atom stereocenters. The number of hydrogen-bond acceptors (Lipinski definition) is 6. The molecule has 0 saturated carbocycles. The molecule has 2 heterocycles. The summed E-state index contributed by atoms with van der Waals surface area (Å²) in [6, 6.07) is 11.8. The molecule has 2 aromatic carbocycles. The predicted molar refractivity (Wildman–Crippen MR) is 109 cm³/mol. The highest BCUT2D eigenvalue weighted by Crippen LogP contribution is 2.27. The van der Waals surface area contributed by atoms with Crippen molar-refractivity contribution in [3.05, 3.63) is 68.6 Å². The van der Waals surface area contributed by atoms with Gasteiger partial charge in [-0.1, -0.05) is 24.3 Å². The van der Waals surface area contributed by atoms with Crippen LogP contribution in [0.15, 0.2) is 41.2 Å². The summed E-state index contributed by atoms with van der Waals surface area (Å²) < 4.78 is 5.23. The maximum absolute atomic E-state index is 12.4. The highest BCUT2D eigenvalue weighted by atomic mass is 32.1. The molecular formula is C21H15N2O4S-. The number of nitrogens with one attached hydrogen (secondary N) is 1. The number of hydrogen-bond donors (Lipinski definition) is 1. The number of ether oxygens (including phenoxy) is 1. The standard InChI is InChI=1S/C21H16N2O4S/c1-11-17-19(24)22-16(23-20(17)28-18(11)21(25)26)8-4-12-3-5-14-10-15(27-2)7-6-13(14)9-12/h3-10H,1-2H3,(H,25,26)(H,22,23,24)/p-1/b8-4+. The maximum Gasteiger partial charge on any atom is 0.260 e. The fraction of sp³-hybridized carbons (Fsp3) is 0.0952. The average molecular weight is 391 g/mol. The molecule has 140 valence electrons. The Kier molecular flexibility index (Phi) is 4.44. The van der Waals surface area contributed by atoms with E-state index < -0.39 is 5.97 Å². The Morgan fingerprint density at radius 2 is 1.93 bits per heavy atom. The summed E-state index contributed by atoms with van der Waals surface area (Å²) in [6.45, 7) is 1.58. The van der Waals surface area contributed by atoms with Crippen LogP contribution in [0.5, 0.6) is 5.75 Å². The van der Waals surface area contributed by atoms with Gasteiger partial charge in [0.2, 0.25) is 0 Å². The number of aromatic nitrogens is 2. The van der Waals surface area contributed by atoms with Gasteiger partial charge in [-0.3, -0.25) is 4.79 Å². The minimum absolute atomic E-state index is 0.0269. The van der Waals surface area contributed by atoms with Crippen LogP contribution in [0.25, 0.3) is 33.1 Å². The lowest BCUT2D eigenvalue weighted by Gasteiger charge is -2.03. The Hall–Kier alpha value is -3.45. The molecule has 6 nitrogen and oxygen atoms in total. The smallest absolute Gasteiger partial charge is 0.260 e. The van der Waals surface area contributed by atoms with Crippen molar-refractivity contribution in [1.82, 2.24) is 9.97 Å². The number of methoxy groups -OCH3 is 1. The summed E-state index contributed by atoms with van der Waals surface area (Å²) in [5, 5.41) is 13.6. The second kappa shape index (κ2) is 6.94. The molecule has 0 spiro atoms. The van der Waals surface area contributed by atoms with Crippen molar-refractivity contribution in [1.29, 1.82) is 0 Å². The minimum atomic E-state index is -1.30. The Labute approximate surface area is 163 Å². The zero-order valence-electron chi connectivity index (χ0n) is 15.1. The molecule has 4 rings (SSSR count). The van der Waals surface area contributed by atoms with Gasteiger partial charge in [0, 0.05) is 0 Å². The lowest BCUT2D eigenvalue weighted by Crippen LogP contribution is -2.21. The SMILES string of the molecule is COc1ccc2cc(/C=C/c3nc4sc(C(=O)[O-])c(C)c4c(=O)[nH]3)ccc2c1. The fourth-order valence-electron chi connectivity index (χ4n) is 3.08. The summed E-state index contributed by atoms with van der Waals surface area (Å²) in [4.78, 5) is 31.0. The van der Waals surface area contributed by atoms with Crippen molar-refractivity contribution in [3.63, 3.8) is 0 Å². The van der Waals surface area contributed by atoms with Crippen LogP contribution in [-0.2, 0) is 0 Å². The average Bonchev–Trinajstić information content (AvgIpc) is 3.03. The third-order valence-electron chi connectivity index (χ3n) is 4.51. The van der Waals surface area contributed by atoms with Crippen molar-refractivity contribution < 1.29 is 14.6 Å². The van der Waals surface area contributed by atoms with Crippen LogP contribution in [0, 0.1) is 6.92 Å². The first-order valence-corrected chi connectivity index (χ1v) is 9.28. The summed E-state index contributed by atoms with van der Waals surface area (Å²) >= 11 is 0.948. The van der Waals surface area contributed by atoms with Gasteiger partial charge < -0.3 is 19.6 Å². The molecule has 2 aromatic heterocycles. The summed E-state index contributed by atoms with van der Waals surface area (Å²) in [5.41, 5.74) is 0.962. The lowest BCUT2D eigenvalue weighted by atomic mass is 10.1. The molecule has 1 N–H and O–H groups in total. The Bertz CT molecular complexity index is 1320. The number of carboxylic acid groups (broad SMARTS) is 1. The number of aryl methyl sites for hydroxylation is 1. The second-order valence-corrected chi connectivity index (χ2v) is 7.28. The van der Waals surface area contributed by atoms with Gasteiger partial charge >= 0.3 is 0 Å². The largest absolute Gasteiger partial charge is 0.544 e. The molecule has 0 aliphatic rings. The molecule has 0 amide bonds. The van der Waals surface area contributed by atoms with E-state index in [9.17, 15) is 14.7 Å². The number of rotatable bonds is 4. The van der Waals surface area contributed by atoms with E-state index in [4.69, 9.17) is 4.74 Å². The van der Waals surface area contributed by atoms with E-state index in [-0.39, 0.29) is 10.4 Å². The van der Waals surface area contributed by atoms with Crippen molar-refractivity contribution in [2.24, 2.45) is 0 Å². The third kappa shape index (κ3) is 3.16. The van der Waals surface area contributed by atoms with Crippen molar-refractivity contribution in [2.45, 2.75) is 6.92 Å². The van der Waals surface area contributed by atoms with Crippen LogP contribution in [-0.4, -0.2) is 23.0 Å². The van der Waals surface area contributed by atoms with Gasteiger partial charge in [-0.2, -0.15) is 0 Å². The van der Waals surface area contributed by atoms with Gasteiger partial charge in [-0.15, -0.1) is 11.3 Å². The molecule has 0 aliphatic heterocycles. The number of carboxylic acids is 1. The van der Waals surface area contributed by atoms with Crippen LogP contribution in [0.1, 0.15) is 26.6 Å². The Morgan fingerprint density at radius 1 is 1.18 bits per heavy atom. The first kappa shape index (κ1) is 17.9. The quantitative estimate of drug-likeness (QED) is 0.577. The summed E-state index contributed by atoms with van der Waals surface area (Å²) in [6.07, 6.45) is 3.53. The number of nitrogens with zero attached hydrogens (tertiary/aromatic N) is 1. The highest BCUT2D eigenvalue weighted by molar-refractivity contribution is 7.20. The fourth-order valence-corrected chi connectivity index (χ4v) is 4.11. The third-order valence-corrected chi connectivity index (χ3v) is 5.68. The molecule has 0 bridgehead atoms. The van der Waals surface area contributed by atoms with E-state index in [1.54, 1.807) is 20.1 Å². The monoisotopic (exact) mass is 391 g/mol. The maximum atomic E-state index is 12.4. The highest BCUT2D eigenvalue weighted by Gasteiger charge is 2.14. The van der Waals surface area contributed by atoms with E-state index in [1.165, 1.54) is 0 Å². The van der Waals surface area contributed by atoms with Crippen molar-refractivity contribution >= 4 is 50.4 Å². The van der Waals surface area contributed by atoms with E-state index in [0.717, 1.165) is 33.4 Å². The number of aromatic amines is 1. The molecule has 0 atom stereocenters. The normalized spacial score (nSPS) is 11.5. The van der Waals surface area contributed by atoms with E-state index in [1.807, 2.05) is 42.5 Å². The van der Waals surface area contributed by atoms with Crippen molar-refractivity contribution in [2.75, 3.05) is 7.11 Å². The van der Waals surface area contributed by atoms with Gasteiger partial charge in [0.1, 0.15) is 16.4 Å². The number of thiophene rings is 1. The second-order valence-electron chi connectivity index (χ2n) is 6.28. The van der Waals surface area contributed by atoms with E-state index in [2.05, 4.69) is 9.97 Å². The first-order chi connectivity index (χ1) is 13.5. The Balaban J connectivity index is 1.71. The Morgan fingerprint density at radius 3 is 2.68 bits per heavy atom. The van der Waals surface area contributed by atoms with Gasteiger partial charge in [-0.25, -0.2) is 4.98 Å². The van der Waals surface area contributed by atoms with Crippen LogP contribution < -0.4 is 15.4 Å². The minimum Gasteiger partial charge on any atom is -0.544 e. The van der Waals surface area contributed by atoms with Crippen LogP contribution in [0.3, 0.4) is 0 Å². The number of H-pyrrole nitrogens is 1. The van der Waals surface area contributed by atoms with Gasteiger partial charge in [0.15, 0.2) is 0 Å². The molecule has 7 heteroatoms. The topological polar surface area (TPSA) is 95.1 Å². The van der Waals surface area contributed by atoms with Gasteiger partial charge in [0.25, 0.3) is 5.56 Å². The zero-order valence-corrected chi connectivity index (χ0v) is 15.9.